The number of nitrogens with one attached hydrogen (secondary N) is 1. The fraction of sp³-hybridized carbons (Fsp3) is 0.500. The highest BCUT2D eigenvalue weighted by Crippen LogP contribution is 2.20. The summed E-state index contributed by atoms with van der Waals surface area (Å²) >= 11 is 0. The number of esters is 1. The zero-order valence-corrected chi connectivity index (χ0v) is 11.6. The summed E-state index contributed by atoms with van der Waals surface area (Å²) in [4.78, 5) is 11.9. The number of benzene rings is 1. The minimum Gasteiger partial charge on any atom is -0.468 e. The van der Waals surface area contributed by atoms with E-state index < -0.39 is 6.04 Å². The summed E-state index contributed by atoms with van der Waals surface area (Å²) in [7, 11) is 4.63. The number of carbonyl (C=O) groups excluding carboxylic acids is 1. The summed E-state index contributed by atoms with van der Waals surface area (Å²) in [5.41, 5.74) is 1.83. The largest absolute Gasteiger partial charge is 0.468 e. The fourth-order valence-corrected chi connectivity index (χ4v) is 1.85. The lowest BCUT2D eigenvalue weighted by Crippen LogP contribution is -2.32. The van der Waals surface area contributed by atoms with Gasteiger partial charge in [-0.2, -0.15) is 0 Å². The first-order valence-electron chi connectivity index (χ1n) is 6.11. The van der Waals surface area contributed by atoms with Crippen molar-refractivity contribution in [3.8, 4) is 0 Å². The maximum absolute atomic E-state index is 11.9. The topological polar surface area (TPSA) is 56.8 Å². The van der Waals surface area contributed by atoms with Crippen LogP contribution in [0.25, 0.3) is 0 Å². The molecule has 0 amide bonds. The fourth-order valence-electron chi connectivity index (χ4n) is 1.85. The van der Waals surface area contributed by atoms with Gasteiger partial charge in [-0.25, -0.2) is 4.79 Å². The molecule has 0 aliphatic rings. The van der Waals surface area contributed by atoms with Gasteiger partial charge in [-0.3, -0.25) is 5.32 Å². The summed E-state index contributed by atoms with van der Waals surface area (Å²) < 4.78 is 15.0. The van der Waals surface area contributed by atoms with E-state index in [1.54, 1.807) is 14.2 Å². The summed E-state index contributed by atoms with van der Waals surface area (Å²) in [5, 5.41) is 3.13. The highest BCUT2D eigenvalue weighted by atomic mass is 16.5. The number of ether oxygens (including phenoxy) is 3. The van der Waals surface area contributed by atoms with Gasteiger partial charge in [0.2, 0.25) is 0 Å². The molecule has 0 aliphatic heterocycles. The van der Waals surface area contributed by atoms with Crippen LogP contribution >= 0.6 is 0 Å². The van der Waals surface area contributed by atoms with Gasteiger partial charge in [0.15, 0.2) is 0 Å². The molecule has 0 bridgehead atoms. The van der Waals surface area contributed by atoms with Gasteiger partial charge >= 0.3 is 5.97 Å². The molecule has 0 fully saturated rings. The minimum absolute atomic E-state index is 0.320. The second-order valence-corrected chi connectivity index (χ2v) is 4.03. The average molecular weight is 267 g/mol. The Bertz CT molecular complexity index is 395. The zero-order valence-electron chi connectivity index (χ0n) is 11.6. The van der Waals surface area contributed by atoms with E-state index in [0.717, 1.165) is 11.1 Å². The zero-order chi connectivity index (χ0) is 14.1. The van der Waals surface area contributed by atoms with Crippen molar-refractivity contribution in [2.24, 2.45) is 0 Å². The molecule has 1 aromatic rings. The van der Waals surface area contributed by atoms with Crippen LogP contribution in [0.3, 0.4) is 0 Å². The van der Waals surface area contributed by atoms with Crippen molar-refractivity contribution in [2.45, 2.75) is 12.6 Å². The van der Waals surface area contributed by atoms with Crippen molar-refractivity contribution in [1.29, 1.82) is 0 Å². The summed E-state index contributed by atoms with van der Waals surface area (Å²) in [5.74, 6) is -0.320. The first-order chi connectivity index (χ1) is 9.24. The van der Waals surface area contributed by atoms with Crippen LogP contribution in [0.1, 0.15) is 17.2 Å². The van der Waals surface area contributed by atoms with Crippen LogP contribution in [-0.2, 0) is 25.6 Å². The minimum atomic E-state index is -0.508. The lowest BCUT2D eigenvalue weighted by Gasteiger charge is -2.19. The van der Waals surface area contributed by atoms with E-state index in [0.29, 0.717) is 19.8 Å². The SMILES string of the molecule is COCCNC(C(=O)OC)c1ccccc1COC. The van der Waals surface area contributed by atoms with Crippen LogP contribution in [-0.4, -0.2) is 40.5 Å². The van der Waals surface area contributed by atoms with Crippen LogP contribution in [0.4, 0.5) is 0 Å². The van der Waals surface area contributed by atoms with E-state index in [1.165, 1.54) is 7.11 Å². The molecule has 0 spiro atoms. The number of hydrogen-bond donors (Lipinski definition) is 1. The predicted octanol–water partition coefficient (Wildman–Crippen LogP) is 1.28. The van der Waals surface area contributed by atoms with Gasteiger partial charge in [-0.05, 0) is 11.1 Å². The van der Waals surface area contributed by atoms with E-state index >= 15 is 0 Å². The summed E-state index contributed by atoms with van der Waals surface area (Å²) in [6, 6.07) is 7.14. The first-order valence-corrected chi connectivity index (χ1v) is 6.11. The van der Waals surface area contributed by atoms with Gasteiger partial charge < -0.3 is 14.2 Å². The number of hydrogen-bond acceptors (Lipinski definition) is 5. The second-order valence-electron chi connectivity index (χ2n) is 4.03. The van der Waals surface area contributed by atoms with Gasteiger partial charge in [0.25, 0.3) is 0 Å². The number of rotatable bonds is 8. The molecule has 106 valence electrons. The molecule has 1 N–H and O–H groups in total. The van der Waals surface area contributed by atoms with Crippen molar-refractivity contribution < 1.29 is 19.0 Å². The lowest BCUT2D eigenvalue weighted by atomic mass is 10.0. The van der Waals surface area contributed by atoms with Gasteiger partial charge in [0.1, 0.15) is 6.04 Å². The van der Waals surface area contributed by atoms with Crippen molar-refractivity contribution in [3.63, 3.8) is 0 Å². The van der Waals surface area contributed by atoms with Crippen LogP contribution in [0, 0.1) is 0 Å². The monoisotopic (exact) mass is 267 g/mol. The molecule has 0 heterocycles. The third-order valence-electron chi connectivity index (χ3n) is 2.76. The molecule has 0 aromatic heterocycles. The van der Waals surface area contributed by atoms with Gasteiger partial charge in [-0.15, -0.1) is 0 Å². The Kier molecular flexibility index (Phi) is 7.10. The Hall–Kier alpha value is -1.43. The molecule has 0 saturated heterocycles. The third kappa shape index (κ3) is 4.63. The maximum Gasteiger partial charge on any atom is 0.327 e. The van der Waals surface area contributed by atoms with E-state index in [9.17, 15) is 4.79 Å². The third-order valence-corrected chi connectivity index (χ3v) is 2.76. The Morgan fingerprint density at radius 1 is 1.21 bits per heavy atom. The molecule has 1 aromatic carbocycles. The highest BCUT2D eigenvalue weighted by molar-refractivity contribution is 5.78. The molecule has 19 heavy (non-hydrogen) atoms. The predicted molar refractivity (Wildman–Crippen MR) is 71.8 cm³/mol. The molecular weight excluding hydrogens is 246 g/mol. The van der Waals surface area contributed by atoms with E-state index in [4.69, 9.17) is 14.2 Å². The van der Waals surface area contributed by atoms with E-state index in [2.05, 4.69) is 5.32 Å². The van der Waals surface area contributed by atoms with Gasteiger partial charge in [0.05, 0.1) is 20.3 Å². The standard InChI is InChI=1S/C14H21NO4/c1-17-9-8-15-13(14(16)19-3)12-7-5-4-6-11(12)10-18-2/h4-7,13,15H,8-10H2,1-3H3. The molecule has 1 rings (SSSR count). The average Bonchev–Trinajstić information content (AvgIpc) is 2.44. The number of carbonyl (C=O) groups is 1. The van der Waals surface area contributed by atoms with Crippen LogP contribution in [0.2, 0.25) is 0 Å². The molecule has 5 nitrogen and oxygen atoms in total. The summed E-state index contributed by atoms with van der Waals surface area (Å²) in [6.07, 6.45) is 0. The first kappa shape index (κ1) is 15.6. The van der Waals surface area contributed by atoms with Crippen molar-refractivity contribution in [3.05, 3.63) is 35.4 Å². The van der Waals surface area contributed by atoms with Crippen LogP contribution in [0.5, 0.6) is 0 Å². The van der Waals surface area contributed by atoms with E-state index in [-0.39, 0.29) is 5.97 Å². The quantitative estimate of drug-likeness (QED) is 0.568. The second kappa shape index (κ2) is 8.63. The molecule has 0 aliphatic carbocycles. The van der Waals surface area contributed by atoms with Crippen LogP contribution < -0.4 is 5.32 Å². The smallest absolute Gasteiger partial charge is 0.327 e. The molecular formula is C14H21NO4. The Morgan fingerprint density at radius 2 is 1.95 bits per heavy atom. The van der Waals surface area contributed by atoms with Crippen LogP contribution in [0.15, 0.2) is 24.3 Å². The lowest BCUT2D eigenvalue weighted by molar-refractivity contribution is -0.143. The Labute approximate surface area is 113 Å². The Balaban J connectivity index is 2.92. The molecule has 1 unspecified atom stereocenters. The van der Waals surface area contributed by atoms with Crippen molar-refractivity contribution in [1.82, 2.24) is 5.32 Å². The molecule has 0 saturated carbocycles. The maximum atomic E-state index is 11.9. The molecule has 1 atom stereocenters. The van der Waals surface area contributed by atoms with Crippen molar-refractivity contribution >= 4 is 5.97 Å². The van der Waals surface area contributed by atoms with Gasteiger partial charge in [0, 0.05) is 20.8 Å². The van der Waals surface area contributed by atoms with E-state index in [1.807, 2.05) is 24.3 Å². The molecule has 5 heteroatoms. The number of methoxy groups -OCH3 is 3. The van der Waals surface area contributed by atoms with Gasteiger partial charge in [-0.1, -0.05) is 24.3 Å². The highest BCUT2D eigenvalue weighted by Gasteiger charge is 2.22. The Morgan fingerprint density at radius 3 is 2.58 bits per heavy atom. The molecule has 0 radical (unpaired) electrons. The normalized spacial score (nSPS) is 12.2. The summed E-state index contributed by atoms with van der Waals surface area (Å²) in [6.45, 7) is 1.55. The van der Waals surface area contributed by atoms with Crippen molar-refractivity contribution in [2.75, 3.05) is 34.5 Å².